The van der Waals surface area contributed by atoms with Crippen molar-refractivity contribution < 1.29 is 9.53 Å². The topological polar surface area (TPSA) is 73.1 Å². The number of rotatable bonds is 8. The van der Waals surface area contributed by atoms with Gasteiger partial charge in [-0.3, -0.25) is 4.79 Å². The minimum Gasteiger partial charge on any atom is -0.489 e. The molecule has 0 aliphatic carbocycles. The number of pyridine rings is 1. The summed E-state index contributed by atoms with van der Waals surface area (Å²) in [6, 6.07) is 12.0. The molecule has 3 heterocycles. The van der Waals surface area contributed by atoms with Crippen LogP contribution in [0.3, 0.4) is 0 Å². The van der Waals surface area contributed by atoms with Gasteiger partial charge in [-0.25, -0.2) is 14.6 Å². The minimum atomic E-state index is -0.0265. The van der Waals surface area contributed by atoms with Crippen molar-refractivity contribution in [1.29, 1.82) is 0 Å². The molecule has 1 aromatic carbocycles. The SMILES string of the molecule is Cc1cccc(Cn2cnc(C(=O)CCCCC3COc4cccnc4N(C)C3=S)n2)c1. The van der Waals surface area contributed by atoms with E-state index in [4.69, 9.17) is 17.0 Å². The van der Waals surface area contributed by atoms with Crippen LogP contribution in [-0.2, 0) is 6.54 Å². The average molecular weight is 450 g/mol. The Morgan fingerprint density at radius 3 is 2.94 bits per heavy atom. The van der Waals surface area contributed by atoms with Crippen LogP contribution in [0, 0.1) is 12.8 Å². The third-order valence-corrected chi connectivity index (χ3v) is 6.21. The number of thiocarbonyl (C=S) groups is 1. The quantitative estimate of drug-likeness (QED) is 0.289. The minimum absolute atomic E-state index is 0.0265. The number of nitrogens with zero attached hydrogens (tertiary/aromatic N) is 5. The number of hydrogen-bond acceptors (Lipinski definition) is 6. The third-order valence-electron chi connectivity index (χ3n) is 5.61. The molecule has 3 aromatic rings. The summed E-state index contributed by atoms with van der Waals surface area (Å²) in [5, 5.41) is 4.36. The summed E-state index contributed by atoms with van der Waals surface area (Å²) in [6.07, 6.45) is 6.29. The second kappa shape index (κ2) is 9.99. The number of unbranched alkanes of at least 4 members (excludes halogenated alkanes) is 1. The first-order valence-corrected chi connectivity index (χ1v) is 11.3. The molecule has 0 bridgehead atoms. The fourth-order valence-electron chi connectivity index (χ4n) is 3.88. The van der Waals surface area contributed by atoms with E-state index in [9.17, 15) is 4.79 Å². The van der Waals surface area contributed by atoms with Gasteiger partial charge in [0.15, 0.2) is 11.6 Å². The maximum Gasteiger partial charge on any atom is 0.217 e. The molecule has 0 spiro atoms. The Kier molecular flexibility index (Phi) is 6.90. The molecule has 1 atom stereocenters. The van der Waals surface area contributed by atoms with E-state index in [-0.39, 0.29) is 17.5 Å². The van der Waals surface area contributed by atoms with Crippen molar-refractivity contribution >= 4 is 28.8 Å². The molecule has 1 unspecified atom stereocenters. The fraction of sp³-hybridized carbons (Fsp3) is 0.375. The zero-order valence-corrected chi connectivity index (χ0v) is 19.2. The number of aryl methyl sites for hydroxylation is 1. The van der Waals surface area contributed by atoms with Gasteiger partial charge in [0.25, 0.3) is 0 Å². The predicted octanol–water partition coefficient (Wildman–Crippen LogP) is 4.25. The predicted molar refractivity (Wildman–Crippen MR) is 127 cm³/mol. The molecule has 0 fully saturated rings. The lowest BCUT2D eigenvalue weighted by Gasteiger charge is -2.21. The monoisotopic (exact) mass is 449 g/mol. The third kappa shape index (κ3) is 5.19. The van der Waals surface area contributed by atoms with Crippen LogP contribution in [0.15, 0.2) is 48.9 Å². The van der Waals surface area contributed by atoms with E-state index >= 15 is 0 Å². The Labute approximate surface area is 193 Å². The van der Waals surface area contributed by atoms with Gasteiger partial charge in [-0.1, -0.05) is 48.5 Å². The van der Waals surface area contributed by atoms with E-state index in [2.05, 4.69) is 34.1 Å². The van der Waals surface area contributed by atoms with Crippen LogP contribution in [0.1, 0.15) is 47.4 Å². The second-order valence-electron chi connectivity index (χ2n) is 8.15. The van der Waals surface area contributed by atoms with E-state index in [1.165, 1.54) is 5.56 Å². The first-order chi connectivity index (χ1) is 15.5. The maximum atomic E-state index is 12.5. The number of ether oxygens (including phenoxy) is 1. The van der Waals surface area contributed by atoms with Crippen LogP contribution in [0.4, 0.5) is 5.82 Å². The Hall–Kier alpha value is -3.13. The Bertz CT molecular complexity index is 1110. The number of hydrogen-bond donors (Lipinski definition) is 0. The number of fused-ring (bicyclic) bond motifs is 1. The summed E-state index contributed by atoms with van der Waals surface area (Å²) in [6.45, 7) is 3.19. The molecule has 1 aliphatic rings. The lowest BCUT2D eigenvalue weighted by Crippen LogP contribution is -2.32. The van der Waals surface area contributed by atoms with Gasteiger partial charge in [-0.05, 0) is 37.5 Å². The fourth-order valence-corrected chi connectivity index (χ4v) is 4.15. The average Bonchev–Trinajstić information content (AvgIpc) is 3.22. The van der Waals surface area contributed by atoms with Crippen molar-refractivity contribution in [3.8, 4) is 5.75 Å². The molecule has 0 radical (unpaired) electrons. The largest absolute Gasteiger partial charge is 0.489 e. The van der Waals surface area contributed by atoms with Crippen molar-refractivity contribution in [3.05, 3.63) is 65.9 Å². The van der Waals surface area contributed by atoms with Crippen LogP contribution in [0.25, 0.3) is 0 Å². The highest BCUT2D eigenvalue weighted by molar-refractivity contribution is 7.80. The van der Waals surface area contributed by atoms with Crippen molar-refractivity contribution in [2.75, 3.05) is 18.6 Å². The van der Waals surface area contributed by atoms with Crippen molar-refractivity contribution in [2.24, 2.45) is 5.92 Å². The van der Waals surface area contributed by atoms with Gasteiger partial charge in [-0.15, -0.1) is 5.10 Å². The molecule has 0 saturated heterocycles. The lowest BCUT2D eigenvalue weighted by atomic mass is 10.0. The summed E-state index contributed by atoms with van der Waals surface area (Å²) < 4.78 is 7.64. The van der Waals surface area contributed by atoms with Gasteiger partial charge < -0.3 is 9.64 Å². The Morgan fingerprint density at radius 1 is 1.22 bits per heavy atom. The number of Topliss-reactive ketones (excluding diaryl/α,β-unsaturated/α-hetero) is 1. The van der Waals surface area contributed by atoms with Crippen LogP contribution in [-0.4, -0.2) is 44.2 Å². The maximum absolute atomic E-state index is 12.5. The van der Waals surface area contributed by atoms with E-state index in [0.717, 1.165) is 41.4 Å². The summed E-state index contributed by atoms with van der Waals surface area (Å²) in [4.78, 5) is 23.9. The van der Waals surface area contributed by atoms with Crippen molar-refractivity contribution in [2.45, 2.75) is 39.2 Å². The van der Waals surface area contributed by atoms with Crippen molar-refractivity contribution in [1.82, 2.24) is 19.7 Å². The summed E-state index contributed by atoms with van der Waals surface area (Å²) in [5.74, 6) is 1.88. The molecule has 2 aromatic heterocycles. The molecular formula is C24H27N5O2S. The highest BCUT2D eigenvalue weighted by Crippen LogP contribution is 2.31. The van der Waals surface area contributed by atoms with E-state index in [0.29, 0.717) is 19.6 Å². The Morgan fingerprint density at radius 2 is 2.09 bits per heavy atom. The number of aromatic nitrogens is 4. The molecule has 166 valence electrons. The smallest absolute Gasteiger partial charge is 0.217 e. The molecule has 0 saturated carbocycles. The number of carbonyl (C=O) groups excluding carboxylic acids is 1. The summed E-state index contributed by atoms with van der Waals surface area (Å²) >= 11 is 5.67. The van der Waals surface area contributed by atoms with Crippen LogP contribution >= 0.6 is 12.2 Å². The van der Waals surface area contributed by atoms with Gasteiger partial charge in [0, 0.05) is 25.6 Å². The number of carbonyl (C=O) groups is 1. The summed E-state index contributed by atoms with van der Waals surface area (Å²) in [5.41, 5.74) is 2.33. The van der Waals surface area contributed by atoms with Gasteiger partial charge in [0.1, 0.15) is 6.33 Å². The van der Waals surface area contributed by atoms with Crippen molar-refractivity contribution in [3.63, 3.8) is 0 Å². The lowest BCUT2D eigenvalue weighted by molar-refractivity contribution is 0.0968. The number of ketones is 1. The number of benzene rings is 1. The van der Waals surface area contributed by atoms with E-state index in [1.807, 2.05) is 36.2 Å². The van der Waals surface area contributed by atoms with E-state index in [1.54, 1.807) is 17.2 Å². The first kappa shape index (κ1) is 22.1. The standard InChI is InChI=1S/C24H27N5O2S/c1-17-7-5-8-18(13-17)14-29-16-26-22(27-29)20(30)10-4-3-9-19-15-31-21-11-6-12-25-23(21)28(2)24(19)32/h5-8,11-13,16,19H,3-4,9-10,14-15H2,1-2H3. The highest BCUT2D eigenvalue weighted by Gasteiger charge is 2.26. The first-order valence-electron chi connectivity index (χ1n) is 10.8. The normalized spacial score (nSPS) is 15.8. The van der Waals surface area contributed by atoms with E-state index < -0.39 is 0 Å². The van der Waals surface area contributed by atoms with Gasteiger partial charge in [-0.2, -0.15) is 0 Å². The zero-order chi connectivity index (χ0) is 22.5. The Balaban J connectivity index is 1.25. The van der Waals surface area contributed by atoms with Crippen LogP contribution in [0.2, 0.25) is 0 Å². The molecule has 7 nitrogen and oxygen atoms in total. The molecule has 32 heavy (non-hydrogen) atoms. The van der Waals surface area contributed by atoms with Gasteiger partial charge in [0.2, 0.25) is 11.6 Å². The zero-order valence-electron chi connectivity index (χ0n) is 18.4. The molecule has 0 N–H and O–H groups in total. The molecular weight excluding hydrogens is 422 g/mol. The number of anilines is 1. The molecule has 8 heteroatoms. The van der Waals surface area contributed by atoms with Gasteiger partial charge >= 0.3 is 0 Å². The second-order valence-corrected chi connectivity index (χ2v) is 8.57. The van der Waals surface area contributed by atoms with Gasteiger partial charge in [0.05, 0.1) is 18.1 Å². The highest BCUT2D eigenvalue weighted by atomic mass is 32.1. The molecule has 1 aliphatic heterocycles. The van der Waals surface area contributed by atoms with Crippen LogP contribution < -0.4 is 9.64 Å². The van der Waals surface area contributed by atoms with Crippen LogP contribution in [0.5, 0.6) is 5.75 Å². The summed E-state index contributed by atoms with van der Waals surface area (Å²) in [7, 11) is 1.93. The molecule has 0 amide bonds. The molecule has 4 rings (SSSR count).